The van der Waals surface area contributed by atoms with Gasteiger partial charge in [0.05, 0.1) is 0 Å². The summed E-state index contributed by atoms with van der Waals surface area (Å²) in [5, 5.41) is 0. The summed E-state index contributed by atoms with van der Waals surface area (Å²) in [5.41, 5.74) is 0. The molecule has 1 heterocycles. The van der Waals surface area contributed by atoms with Gasteiger partial charge in [-0.15, -0.1) is 6.42 Å². The highest BCUT2D eigenvalue weighted by atomic mass is 32.2. The van der Waals surface area contributed by atoms with Crippen molar-refractivity contribution < 1.29 is 18.9 Å². The maximum Gasteiger partial charge on any atom is 0.220 e. The van der Waals surface area contributed by atoms with Crippen LogP contribution < -0.4 is 0 Å². The molecule has 0 amide bonds. The quantitative estimate of drug-likeness (QED) is 0.568. The Morgan fingerprint density at radius 3 is 2.72 bits per heavy atom. The summed E-state index contributed by atoms with van der Waals surface area (Å²) in [7, 11) is 1.57. The standard InChI is InChI=1S/C12H18O4S2/c1-5-7-14-10-9(16-12(17)18-4)8(6-2)15-11(10)13-3/h1,8-11H,6-7H2,2-4H3/t8-,9-,10+,11-/m0/s1. The Morgan fingerprint density at radius 2 is 2.22 bits per heavy atom. The van der Waals surface area contributed by atoms with E-state index in [1.165, 1.54) is 11.8 Å². The second kappa shape index (κ2) is 7.97. The molecule has 0 aromatic carbocycles. The Hall–Kier alpha value is -0.320. The van der Waals surface area contributed by atoms with E-state index >= 15 is 0 Å². The fraction of sp³-hybridized carbons (Fsp3) is 0.750. The van der Waals surface area contributed by atoms with Gasteiger partial charge in [0, 0.05) is 7.11 Å². The molecule has 0 unspecified atom stereocenters. The largest absolute Gasteiger partial charge is 0.469 e. The van der Waals surface area contributed by atoms with Crippen molar-refractivity contribution in [1.82, 2.24) is 0 Å². The molecule has 4 atom stereocenters. The highest BCUT2D eigenvalue weighted by molar-refractivity contribution is 8.22. The van der Waals surface area contributed by atoms with E-state index in [9.17, 15) is 0 Å². The summed E-state index contributed by atoms with van der Waals surface area (Å²) in [5.74, 6) is 2.43. The number of terminal acetylenes is 1. The highest BCUT2D eigenvalue weighted by Crippen LogP contribution is 2.30. The minimum absolute atomic E-state index is 0.108. The van der Waals surface area contributed by atoms with Crippen LogP contribution in [0, 0.1) is 12.3 Å². The van der Waals surface area contributed by atoms with Crippen molar-refractivity contribution in [3.63, 3.8) is 0 Å². The SMILES string of the molecule is C#CCO[C@H]1[C@@H](OC)O[C@@H](CC)[C@@H]1OC(=S)SC. The van der Waals surface area contributed by atoms with Crippen LogP contribution in [-0.4, -0.2) is 49.0 Å². The maximum atomic E-state index is 5.72. The zero-order valence-corrected chi connectivity index (χ0v) is 12.4. The van der Waals surface area contributed by atoms with Gasteiger partial charge in [-0.25, -0.2) is 0 Å². The lowest BCUT2D eigenvalue weighted by molar-refractivity contribution is -0.158. The molecule has 1 fully saturated rings. The Kier molecular flexibility index (Phi) is 6.97. The molecule has 1 rings (SSSR count). The van der Waals surface area contributed by atoms with E-state index < -0.39 is 6.29 Å². The highest BCUT2D eigenvalue weighted by Gasteiger charge is 2.47. The van der Waals surface area contributed by atoms with Gasteiger partial charge in [-0.2, -0.15) is 0 Å². The molecule has 6 heteroatoms. The molecule has 0 radical (unpaired) electrons. The predicted molar refractivity (Wildman–Crippen MR) is 75.5 cm³/mol. The first-order valence-corrected chi connectivity index (χ1v) is 7.29. The molecule has 0 aromatic heterocycles. The molecule has 0 bridgehead atoms. The predicted octanol–water partition coefficient (Wildman–Crippen LogP) is 1.82. The van der Waals surface area contributed by atoms with E-state index in [2.05, 4.69) is 5.92 Å². The smallest absolute Gasteiger partial charge is 0.220 e. The van der Waals surface area contributed by atoms with E-state index in [0.29, 0.717) is 4.38 Å². The Balaban J connectivity index is 2.76. The van der Waals surface area contributed by atoms with Crippen molar-refractivity contribution in [3.05, 3.63) is 0 Å². The number of hydrogen-bond acceptors (Lipinski definition) is 6. The van der Waals surface area contributed by atoms with Crippen LogP contribution in [0.4, 0.5) is 0 Å². The summed E-state index contributed by atoms with van der Waals surface area (Å²) < 4.78 is 22.7. The van der Waals surface area contributed by atoms with Crippen LogP contribution in [-0.2, 0) is 18.9 Å². The number of thioether (sulfide) groups is 1. The van der Waals surface area contributed by atoms with Gasteiger partial charge in [0.1, 0.15) is 18.8 Å². The first kappa shape index (κ1) is 15.7. The fourth-order valence-electron chi connectivity index (χ4n) is 1.83. The van der Waals surface area contributed by atoms with E-state index in [1.807, 2.05) is 13.2 Å². The van der Waals surface area contributed by atoms with Gasteiger partial charge in [0.2, 0.25) is 4.38 Å². The molecule has 1 aliphatic heterocycles. The third-order valence-electron chi connectivity index (χ3n) is 2.66. The molecule has 1 aliphatic rings. The maximum absolute atomic E-state index is 5.72. The van der Waals surface area contributed by atoms with Gasteiger partial charge in [-0.1, -0.05) is 24.6 Å². The van der Waals surface area contributed by atoms with Crippen LogP contribution in [0.1, 0.15) is 13.3 Å². The van der Waals surface area contributed by atoms with Crippen molar-refractivity contribution in [2.24, 2.45) is 0 Å². The lowest BCUT2D eigenvalue weighted by Crippen LogP contribution is -2.39. The molecule has 0 saturated carbocycles. The fourth-order valence-corrected chi connectivity index (χ4v) is 2.15. The van der Waals surface area contributed by atoms with E-state index in [1.54, 1.807) is 7.11 Å². The van der Waals surface area contributed by atoms with Crippen LogP contribution in [0.3, 0.4) is 0 Å². The average Bonchev–Trinajstić information content (AvgIpc) is 2.73. The molecule has 0 aliphatic carbocycles. The molecule has 102 valence electrons. The van der Waals surface area contributed by atoms with Crippen LogP contribution in [0.25, 0.3) is 0 Å². The summed E-state index contributed by atoms with van der Waals surface area (Å²) >= 11 is 6.46. The monoisotopic (exact) mass is 290 g/mol. The molecule has 0 aromatic rings. The second-order valence-electron chi connectivity index (χ2n) is 3.70. The van der Waals surface area contributed by atoms with Crippen LogP contribution >= 0.6 is 24.0 Å². The third-order valence-corrected chi connectivity index (χ3v) is 3.69. The summed E-state index contributed by atoms with van der Waals surface area (Å²) in [6.07, 6.45) is 6.63. The lowest BCUT2D eigenvalue weighted by atomic mass is 10.1. The molecule has 0 spiro atoms. The Bertz CT molecular complexity index is 316. The van der Waals surface area contributed by atoms with Gasteiger partial charge in [-0.3, -0.25) is 0 Å². The molecule has 18 heavy (non-hydrogen) atoms. The number of thiocarbonyl (C=S) groups is 1. The molecule has 1 saturated heterocycles. The van der Waals surface area contributed by atoms with Crippen LogP contribution in [0.2, 0.25) is 0 Å². The molecular weight excluding hydrogens is 272 g/mol. The van der Waals surface area contributed by atoms with Crippen molar-refractivity contribution in [1.29, 1.82) is 0 Å². The van der Waals surface area contributed by atoms with Gasteiger partial charge < -0.3 is 18.9 Å². The number of hydrogen-bond donors (Lipinski definition) is 0. The summed E-state index contributed by atoms with van der Waals surface area (Å²) in [4.78, 5) is 0. The van der Waals surface area contributed by atoms with Gasteiger partial charge in [-0.05, 0) is 24.9 Å². The Morgan fingerprint density at radius 1 is 1.50 bits per heavy atom. The van der Waals surface area contributed by atoms with E-state index in [-0.39, 0.29) is 24.9 Å². The van der Waals surface area contributed by atoms with Crippen molar-refractivity contribution in [3.8, 4) is 12.3 Å². The van der Waals surface area contributed by atoms with Gasteiger partial charge in [0.25, 0.3) is 0 Å². The average molecular weight is 290 g/mol. The number of methoxy groups -OCH3 is 1. The van der Waals surface area contributed by atoms with Crippen molar-refractivity contribution in [2.75, 3.05) is 20.0 Å². The van der Waals surface area contributed by atoms with Crippen molar-refractivity contribution >= 4 is 28.4 Å². The van der Waals surface area contributed by atoms with Crippen LogP contribution in [0.5, 0.6) is 0 Å². The Labute approximate surface area is 118 Å². The topological polar surface area (TPSA) is 36.9 Å². The van der Waals surface area contributed by atoms with E-state index in [0.717, 1.165) is 6.42 Å². The zero-order chi connectivity index (χ0) is 13.5. The van der Waals surface area contributed by atoms with Crippen molar-refractivity contribution in [2.45, 2.75) is 37.9 Å². The summed E-state index contributed by atoms with van der Waals surface area (Å²) in [6.45, 7) is 2.20. The lowest BCUT2D eigenvalue weighted by Gasteiger charge is -2.23. The normalized spacial score (nSPS) is 31.0. The number of rotatable bonds is 5. The van der Waals surface area contributed by atoms with Gasteiger partial charge >= 0.3 is 0 Å². The summed E-state index contributed by atoms with van der Waals surface area (Å²) in [6, 6.07) is 0. The first-order valence-electron chi connectivity index (χ1n) is 5.65. The molecule has 4 nitrogen and oxygen atoms in total. The molecular formula is C12H18O4S2. The zero-order valence-electron chi connectivity index (χ0n) is 10.8. The van der Waals surface area contributed by atoms with E-state index in [4.69, 9.17) is 37.6 Å². The third kappa shape index (κ3) is 3.84. The van der Waals surface area contributed by atoms with Crippen LogP contribution in [0.15, 0.2) is 0 Å². The first-order chi connectivity index (χ1) is 8.67. The second-order valence-corrected chi connectivity index (χ2v) is 5.11. The van der Waals surface area contributed by atoms with Gasteiger partial charge in [0.15, 0.2) is 12.4 Å². The minimum atomic E-state index is -0.474. The minimum Gasteiger partial charge on any atom is -0.469 e. The number of ether oxygens (including phenoxy) is 4. The molecule has 0 N–H and O–H groups in total.